The molecule has 0 radical (unpaired) electrons. The molecular formula is C16H25NO. The third-order valence-electron chi connectivity index (χ3n) is 4.16. The fraction of sp³-hybridized carbons (Fsp3) is 0.625. The molecule has 100 valence electrons. The van der Waals surface area contributed by atoms with Gasteiger partial charge >= 0.3 is 0 Å². The predicted molar refractivity (Wildman–Crippen MR) is 77.0 cm³/mol. The Morgan fingerprint density at radius 3 is 2.72 bits per heavy atom. The maximum absolute atomic E-state index is 9.90. The van der Waals surface area contributed by atoms with Crippen molar-refractivity contribution in [2.45, 2.75) is 40.2 Å². The smallest absolute Gasteiger partial charge is 0.0579 e. The molecule has 18 heavy (non-hydrogen) atoms. The van der Waals surface area contributed by atoms with Crippen molar-refractivity contribution in [2.24, 2.45) is 11.3 Å². The molecule has 0 aromatic heterocycles. The summed E-state index contributed by atoms with van der Waals surface area (Å²) in [5.41, 5.74) is 2.71. The first-order valence-corrected chi connectivity index (χ1v) is 6.91. The molecule has 0 saturated heterocycles. The Kier molecular flexibility index (Phi) is 3.67. The molecule has 2 heteroatoms. The first-order chi connectivity index (χ1) is 8.40. The lowest BCUT2D eigenvalue weighted by atomic mass is 9.85. The van der Waals surface area contributed by atoms with Gasteiger partial charge in [-0.3, -0.25) is 0 Å². The van der Waals surface area contributed by atoms with Gasteiger partial charge in [-0.15, -0.1) is 0 Å². The molecule has 0 aliphatic carbocycles. The highest BCUT2D eigenvalue weighted by molar-refractivity contribution is 5.55. The second kappa shape index (κ2) is 4.93. The molecule has 0 bridgehead atoms. The Hall–Kier alpha value is -1.02. The molecule has 2 unspecified atom stereocenters. The summed E-state index contributed by atoms with van der Waals surface area (Å²) in [6, 6.07) is 8.67. The van der Waals surface area contributed by atoms with Crippen molar-refractivity contribution in [3.63, 3.8) is 0 Å². The largest absolute Gasteiger partial charge is 0.393 e. The topological polar surface area (TPSA) is 23.5 Å². The zero-order valence-electron chi connectivity index (χ0n) is 12.0. The molecule has 1 aromatic rings. The van der Waals surface area contributed by atoms with Crippen LogP contribution in [0.2, 0.25) is 0 Å². The van der Waals surface area contributed by atoms with Gasteiger partial charge in [-0.05, 0) is 30.9 Å². The molecule has 1 aliphatic heterocycles. The van der Waals surface area contributed by atoms with E-state index in [1.165, 1.54) is 17.7 Å². The van der Waals surface area contributed by atoms with Crippen LogP contribution in [0.25, 0.3) is 0 Å². The highest BCUT2D eigenvalue weighted by atomic mass is 16.3. The number of hydrogen-bond donors (Lipinski definition) is 1. The molecule has 0 fully saturated rings. The van der Waals surface area contributed by atoms with Crippen LogP contribution in [0.15, 0.2) is 24.3 Å². The van der Waals surface area contributed by atoms with E-state index >= 15 is 0 Å². The highest BCUT2D eigenvalue weighted by Crippen LogP contribution is 2.33. The summed E-state index contributed by atoms with van der Waals surface area (Å²) < 4.78 is 0. The van der Waals surface area contributed by atoms with Crippen LogP contribution in [0.5, 0.6) is 0 Å². The quantitative estimate of drug-likeness (QED) is 0.887. The maximum Gasteiger partial charge on any atom is 0.0579 e. The lowest BCUT2D eigenvalue weighted by Gasteiger charge is -2.41. The van der Waals surface area contributed by atoms with Crippen LogP contribution in [0.1, 0.15) is 33.3 Å². The van der Waals surface area contributed by atoms with Gasteiger partial charge in [0.15, 0.2) is 0 Å². The summed E-state index contributed by atoms with van der Waals surface area (Å²) in [5, 5.41) is 9.90. The minimum absolute atomic E-state index is 0.0792. The average Bonchev–Trinajstić information content (AvgIpc) is 2.28. The van der Waals surface area contributed by atoms with Crippen molar-refractivity contribution < 1.29 is 5.11 Å². The third-order valence-corrected chi connectivity index (χ3v) is 4.16. The van der Waals surface area contributed by atoms with Crippen molar-refractivity contribution in [3.05, 3.63) is 29.8 Å². The molecule has 0 amide bonds. The monoisotopic (exact) mass is 247 g/mol. The van der Waals surface area contributed by atoms with Gasteiger partial charge in [0, 0.05) is 24.2 Å². The predicted octanol–water partition coefficient (Wildman–Crippen LogP) is 3.09. The standard InChI is InChI=1S/C16H25NO/c1-12-9-14-7-5-6-8-15(14)17(10-12)11-16(3,4)13(2)18/h5-8,12-13,18H,9-11H2,1-4H3. The van der Waals surface area contributed by atoms with E-state index in [0.29, 0.717) is 5.92 Å². The molecule has 1 N–H and O–H groups in total. The Labute approximate surface area is 111 Å². The Bertz CT molecular complexity index is 411. The Balaban J connectivity index is 2.24. The minimum atomic E-state index is -0.290. The van der Waals surface area contributed by atoms with Gasteiger partial charge in [0.2, 0.25) is 0 Å². The second-order valence-corrected chi connectivity index (χ2v) is 6.48. The molecule has 1 aliphatic rings. The lowest BCUT2D eigenvalue weighted by molar-refractivity contribution is 0.0703. The Morgan fingerprint density at radius 1 is 1.39 bits per heavy atom. The molecule has 2 atom stereocenters. The number of nitrogens with zero attached hydrogens (tertiary/aromatic N) is 1. The maximum atomic E-state index is 9.90. The number of rotatable bonds is 3. The van der Waals surface area contributed by atoms with Gasteiger partial charge in [-0.2, -0.15) is 0 Å². The molecule has 0 saturated carbocycles. The molecule has 1 aromatic carbocycles. The van der Waals surface area contributed by atoms with Crippen LogP contribution < -0.4 is 4.90 Å². The highest BCUT2D eigenvalue weighted by Gasteiger charge is 2.30. The number of hydrogen-bond acceptors (Lipinski definition) is 2. The van der Waals surface area contributed by atoms with Gasteiger partial charge < -0.3 is 10.0 Å². The van der Waals surface area contributed by atoms with Crippen LogP contribution in [-0.2, 0) is 6.42 Å². The van der Waals surface area contributed by atoms with Gasteiger partial charge in [0.05, 0.1) is 6.10 Å². The van der Waals surface area contributed by atoms with Crippen molar-refractivity contribution in [2.75, 3.05) is 18.0 Å². The number of anilines is 1. The van der Waals surface area contributed by atoms with E-state index in [1.54, 1.807) is 0 Å². The number of fused-ring (bicyclic) bond motifs is 1. The van der Waals surface area contributed by atoms with Gasteiger partial charge in [-0.1, -0.05) is 39.0 Å². The third kappa shape index (κ3) is 2.69. The van der Waals surface area contributed by atoms with E-state index in [9.17, 15) is 5.11 Å². The Morgan fingerprint density at radius 2 is 2.06 bits per heavy atom. The molecule has 1 heterocycles. The number of para-hydroxylation sites is 1. The summed E-state index contributed by atoms with van der Waals surface area (Å²) in [6.07, 6.45) is 0.879. The van der Waals surface area contributed by atoms with Gasteiger partial charge in [0.25, 0.3) is 0 Å². The average molecular weight is 247 g/mol. The normalized spacial score (nSPS) is 21.6. The minimum Gasteiger partial charge on any atom is -0.393 e. The molecule has 2 rings (SSSR count). The summed E-state index contributed by atoms with van der Waals surface area (Å²) in [4.78, 5) is 2.44. The van der Waals surface area contributed by atoms with Crippen LogP contribution in [0.3, 0.4) is 0 Å². The zero-order valence-corrected chi connectivity index (χ0v) is 12.0. The van der Waals surface area contributed by atoms with E-state index in [1.807, 2.05) is 6.92 Å². The number of benzene rings is 1. The number of aliphatic hydroxyl groups is 1. The summed E-state index contributed by atoms with van der Waals surface area (Å²) in [7, 11) is 0. The summed E-state index contributed by atoms with van der Waals surface area (Å²) in [6.45, 7) is 10.5. The lowest BCUT2D eigenvalue weighted by Crippen LogP contribution is -2.44. The fourth-order valence-corrected chi connectivity index (χ4v) is 2.68. The zero-order chi connectivity index (χ0) is 13.3. The summed E-state index contributed by atoms with van der Waals surface area (Å²) >= 11 is 0. The van der Waals surface area contributed by atoms with E-state index in [0.717, 1.165) is 13.1 Å². The van der Waals surface area contributed by atoms with Crippen LogP contribution in [-0.4, -0.2) is 24.3 Å². The fourth-order valence-electron chi connectivity index (χ4n) is 2.68. The first kappa shape index (κ1) is 13.4. The molecule has 2 nitrogen and oxygen atoms in total. The van der Waals surface area contributed by atoms with Gasteiger partial charge in [-0.25, -0.2) is 0 Å². The SMILES string of the molecule is CC1Cc2ccccc2N(CC(C)(C)C(C)O)C1. The van der Waals surface area contributed by atoms with E-state index in [4.69, 9.17) is 0 Å². The summed E-state index contributed by atoms with van der Waals surface area (Å²) in [5.74, 6) is 0.685. The van der Waals surface area contributed by atoms with E-state index in [2.05, 4.69) is 49.9 Å². The van der Waals surface area contributed by atoms with E-state index < -0.39 is 0 Å². The van der Waals surface area contributed by atoms with Crippen molar-refractivity contribution >= 4 is 5.69 Å². The molecular weight excluding hydrogens is 222 g/mol. The van der Waals surface area contributed by atoms with Crippen molar-refractivity contribution in [1.29, 1.82) is 0 Å². The van der Waals surface area contributed by atoms with Crippen molar-refractivity contribution in [3.8, 4) is 0 Å². The van der Waals surface area contributed by atoms with Gasteiger partial charge in [0.1, 0.15) is 0 Å². The first-order valence-electron chi connectivity index (χ1n) is 6.91. The molecule has 0 spiro atoms. The van der Waals surface area contributed by atoms with Crippen LogP contribution >= 0.6 is 0 Å². The van der Waals surface area contributed by atoms with Crippen LogP contribution in [0.4, 0.5) is 5.69 Å². The van der Waals surface area contributed by atoms with Crippen LogP contribution in [0, 0.1) is 11.3 Å². The van der Waals surface area contributed by atoms with E-state index in [-0.39, 0.29) is 11.5 Å². The number of aliphatic hydroxyl groups excluding tert-OH is 1. The van der Waals surface area contributed by atoms with Crippen molar-refractivity contribution in [1.82, 2.24) is 0 Å². The second-order valence-electron chi connectivity index (χ2n) is 6.48.